The lowest BCUT2D eigenvalue weighted by atomic mass is 9.95. The van der Waals surface area contributed by atoms with Gasteiger partial charge in [0.15, 0.2) is 0 Å². The van der Waals surface area contributed by atoms with E-state index < -0.39 is 29.2 Å². The summed E-state index contributed by atoms with van der Waals surface area (Å²) in [6.07, 6.45) is 0.483. The highest BCUT2D eigenvalue weighted by Crippen LogP contribution is 2.37. The number of hydrogen-bond donors (Lipinski definition) is 3. The molecule has 1 fully saturated rings. The second kappa shape index (κ2) is 4.92. The Bertz CT molecular complexity index is 572. The van der Waals surface area contributed by atoms with Gasteiger partial charge in [-0.05, 0) is 13.3 Å². The van der Waals surface area contributed by atoms with E-state index in [1.807, 2.05) is 0 Å². The number of aliphatic hydroxyl groups excluding tert-OH is 2. The fourth-order valence-corrected chi connectivity index (χ4v) is 2.35. The van der Waals surface area contributed by atoms with Crippen LogP contribution in [0.15, 0.2) is 15.8 Å². The normalized spacial score (nSPS) is 30.7. The van der Waals surface area contributed by atoms with Crippen LogP contribution in [0.5, 0.6) is 0 Å². The quantitative estimate of drug-likeness (QED) is 0.671. The summed E-state index contributed by atoms with van der Waals surface area (Å²) in [5.74, 6) is 0. The Morgan fingerprint density at radius 3 is 2.79 bits per heavy atom. The summed E-state index contributed by atoms with van der Waals surface area (Å²) in [7, 11) is 0. The van der Waals surface area contributed by atoms with Crippen molar-refractivity contribution in [1.29, 1.82) is 0 Å². The van der Waals surface area contributed by atoms with E-state index >= 15 is 0 Å². The Labute approximate surface area is 109 Å². The van der Waals surface area contributed by atoms with Crippen LogP contribution in [-0.4, -0.2) is 38.1 Å². The third-order valence-electron chi connectivity index (χ3n) is 3.73. The fraction of sp³-hybridized carbons (Fsp3) is 0.667. The molecule has 1 aliphatic rings. The maximum atomic E-state index is 11.8. The number of hydrogen-bond acceptors (Lipinski definition) is 5. The molecule has 7 nitrogen and oxygen atoms in total. The predicted molar refractivity (Wildman–Crippen MR) is 66.9 cm³/mol. The third kappa shape index (κ3) is 2.24. The second-order valence-electron chi connectivity index (χ2n) is 4.88. The summed E-state index contributed by atoms with van der Waals surface area (Å²) in [4.78, 5) is 25.3. The van der Waals surface area contributed by atoms with Crippen LogP contribution in [0.4, 0.5) is 0 Å². The van der Waals surface area contributed by atoms with Crippen molar-refractivity contribution in [2.24, 2.45) is 0 Å². The van der Waals surface area contributed by atoms with E-state index in [2.05, 4.69) is 4.98 Å². The average Bonchev–Trinajstić information content (AvgIpc) is 2.71. The first-order chi connectivity index (χ1) is 8.93. The highest BCUT2D eigenvalue weighted by atomic mass is 16.6. The molecule has 1 aromatic heterocycles. The first-order valence-electron chi connectivity index (χ1n) is 6.22. The Hall–Kier alpha value is -1.44. The molecule has 1 aliphatic heterocycles. The Kier molecular flexibility index (Phi) is 3.62. The molecule has 3 atom stereocenters. The number of aromatic nitrogens is 2. The first kappa shape index (κ1) is 14.0. The van der Waals surface area contributed by atoms with Crippen LogP contribution < -0.4 is 11.2 Å². The van der Waals surface area contributed by atoms with Crippen molar-refractivity contribution in [3.05, 3.63) is 32.6 Å². The maximum absolute atomic E-state index is 11.8. The molecular formula is C12H18N2O5. The molecule has 7 heteroatoms. The number of rotatable bonds is 3. The average molecular weight is 270 g/mol. The van der Waals surface area contributed by atoms with E-state index in [0.717, 1.165) is 0 Å². The minimum Gasteiger partial charge on any atom is -0.393 e. The van der Waals surface area contributed by atoms with Gasteiger partial charge in [0.25, 0.3) is 5.56 Å². The van der Waals surface area contributed by atoms with E-state index in [9.17, 15) is 19.8 Å². The minimum absolute atomic E-state index is 0.194. The molecule has 0 aromatic carbocycles. The maximum Gasteiger partial charge on any atom is 0.330 e. The molecule has 0 unspecified atom stereocenters. The Balaban J connectivity index is 2.38. The SMILES string of the molecule is CC[C@]1(CO)O[C@@H](n2cc(C)c(=O)[nH]c2=O)C[C@@H]1O. The van der Waals surface area contributed by atoms with Gasteiger partial charge in [0.2, 0.25) is 0 Å². The van der Waals surface area contributed by atoms with Gasteiger partial charge in [-0.25, -0.2) is 4.79 Å². The molecule has 0 spiro atoms. The molecule has 1 saturated heterocycles. The van der Waals surface area contributed by atoms with Crippen LogP contribution in [0.3, 0.4) is 0 Å². The number of nitrogens with zero attached hydrogens (tertiary/aromatic N) is 1. The second-order valence-corrected chi connectivity index (χ2v) is 4.88. The van der Waals surface area contributed by atoms with Crippen molar-refractivity contribution in [1.82, 2.24) is 9.55 Å². The van der Waals surface area contributed by atoms with Crippen LogP contribution in [0, 0.1) is 6.92 Å². The number of nitrogens with one attached hydrogen (secondary N) is 1. The van der Waals surface area contributed by atoms with Crippen molar-refractivity contribution < 1.29 is 14.9 Å². The van der Waals surface area contributed by atoms with Gasteiger partial charge in [-0.1, -0.05) is 6.92 Å². The zero-order chi connectivity index (χ0) is 14.2. The summed E-state index contributed by atoms with van der Waals surface area (Å²) in [5, 5.41) is 19.4. The molecule has 0 aliphatic carbocycles. The topological polar surface area (TPSA) is 105 Å². The molecule has 0 saturated carbocycles. The van der Waals surface area contributed by atoms with Crippen molar-refractivity contribution in [3.63, 3.8) is 0 Å². The van der Waals surface area contributed by atoms with Gasteiger partial charge in [0.05, 0.1) is 12.7 Å². The van der Waals surface area contributed by atoms with Crippen molar-refractivity contribution in [2.75, 3.05) is 6.61 Å². The molecule has 106 valence electrons. The lowest BCUT2D eigenvalue weighted by molar-refractivity contribution is -0.130. The molecule has 0 radical (unpaired) electrons. The van der Waals surface area contributed by atoms with Crippen LogP contribution in [0.2, 0.25) is 0 Å². The number of aryl methyl sites for hydroxylation is 1. The van der Waals surface area contributed by atoms with Gasteiger partial charge in [0, 0.05) is 18.2 Å². The van der Waals surface area contributed by atoms with Crippen LogP contribution in [0.1, 0.15) is 31.6 Å². The van der Waals surface area contributed by atoms with Gasteiger partial charge in [-0.15, -0.1) is 0 Å². The van der Waals surface area contributed by atoms with Crippen LogP contribution in [-0.2, 0) is 4.74 Å². The molecule has 19 heavy (non-hydrogen) atoms. The summed E-state index contributed by atoms with van der Waals surface area (Å²) < 4.78 is 6.91. The van der Waals surface area contributed by atoms with E-state index in [4.69, 9.17) is 4.74 Å². The molecule has 2 heterocycles. The smallest absolute Gasteiger partial charge is 0.330 e. The fourth-order valence-electron chi connectivity index (χ4n) is 2.35. The van der Waals surface area contributed by atoms with Gasteiger partial charge in [-0.2, -0.15) is 0 Å². The monoisotopic (exact) mass is 270 g/mol. The Morgan fingerprint density at radius 1 is 1.58 bits per heavy atom. The number of H-pyrrole nitrogens is 1. The summed E-state index contributed by atoms with van der Waals surface area (Å²) >= 11 is 0. The number of aliphatic hydroxyl groups is 2. The van der Waals surface area contributed by atoms with Crippen molar-refractivity contribution >= 4 is 0 Å². The highest BCUT2D eigenvalue weighted by Gasteiger charge is 2.47. The lowest BCUT2D eigenvalue weighted by Gasteiger charge is -2.28. The van der Waals surface area contributed by atoms with E-state index in [1.54, 1.807) is 13.8 Å². The predicted octanol–water partition coefficient (Wildman–Crippen LogP) is -0.734. The van der Waals surface area contributed by atoms with Crippen LogP contribution >= 0.6 is 0 Å². The molecule has 2 rings (SSSR count). The van der Waals surface area contributed by atoms with Crippen molar-refractivity contribution in [2.45, 2.75) is 44.6 Å². The minimum atomic E-state index is -1.05. The summed E-state index contributed by atoms with van der Waals surface area (Å²) in [6.45, 7) is 3.06. The molecular weight excluding hydrogens is 252 g/mol. The number of ether oxygens (including phenoxy) is 1. The molecule has 3 N–H and O–H groups in total. The summed E-state index contributed by atoms with van der Waals surface area (Å²) in [5.41, 5.74) is -1.69. The molecule has 0 bridgehead atoms. The van der Waals surface area contributed by atoms with E-state index in [1.165, 1.54) is 10.8 Å². The highest BCUT2D eigenvalue weighted by molar-refractivity contribution is 5.03. The van der Waals surface area contributed by atoms with Crippen molar-refractivity contribution in [3.8, 4) is 0 Å². The zero-order valence-corrected chi connectivity index (χ0v) is 10.9. The standard InChI is InChI=1S/C12H18N2O5/c1-3-12(6-15)8(16)4-9(19-12)14-5-7(2)10(17)13-11(14)18/h5,8-9,15-16H,3-4,6H2,1-2H3,(H,13,17,18)/t8-,9+,12+/m0/s1. The number of aromatic amines is 1. The molecule has 0 amide bonds. The van der Waals surface area contributed by atoms with E-state index in [-0.39, 0.29) is 13.0 Å². The third-order valence-corrected chi connectivity index (χ3v) is 3.73. The lowest BCUT2D eigenvalue weighted by Crippen LogP contribution is -2.42. The van der Waals surface area contributed by atoms with Gasteiger partial charge < -0.3 is 14.9 Å². The van der Waals surface area contributed by atoms with Gasteiger partial charge in [-0.3, -0.25) is 14.3 Å². The summed E-state index contributed by atoms with van der Waals surface area (Å²) in [6, 6.07) is 0. The van der Waals surface area contributed by atoms with Gasteiger partial charge in [0.1, 0.15) is 11.8 Å². The Morgan fingerprint density at radius 2 is 2.26 bits per heavy atom. The first-order valence-corrected chi connectivity index (χ1v) is 6.22. The van der Waals surface area contributed by atoms with Crippen LogP contribution in [0.25, 0.3) is 0 Å². The largest absolute Gasteiger partial charge is 0.393 e. The zero-order valence-electron chi connectivity index (χ0n) is 10.9. The molecule has 1 aromatic rings. The van der Waals surface area contributed by atoms with Gasteiger partial charge >= 0.3 is 5.69 Å². The van der Waals surface area contributed by atoms with E-state index in [0.29, 0.717) is 12.0 Å².